The van der Waals surface area contributed by atoms with Crippen LogP contribution in [0.1, 0.15) is 67.0 Å². The van der Waals surface area contributed by atoms with E-state index in [1.807, 2.05) is 43.0 Å². The van der Waals surface area contributed by atoms with Crippen molar-refractivity contribution in [3.63, 3.8) is 0 Å². The molecule has 0 aliphatic heterocycles. The largest absolute Gasteiger partial charge is 2.00 e. The molecule has 0 saturated heterocycles. The first kappa shape index (κ1) is 40.2. The molecule has 308 valence electrons. The van der Waals surface area contributed by atoms with Crippen molar-refractivity contribution < 1.29 is 21.1 Å². The van der Waals surface area contributed by atoms with E-state index in [1.165, 1.54) is 44.5 Å². The van der Waals surface area contributed by atoms with E-state index in [2.05, 4.69) is 206 Å². The quantitative estimate of drug-likeness (QED) is 0.112. The second-order valence-corrected chi connectivity index (χ2v) is 16.4. The predicted molar refractivity (Wildman–Crippen MR) is 256 cm³/mol. The molecule has 2 aliphatic rings. The van der Waals surface area contributed by atoms with E-state index in [4.69, 9.17) is 15.0 Å². The smallest absolute Gasteiger partial charge is 0.264 e. The molecule has 65 heavy (non-hydrogen) atoms. The van der Waals surface area contributed by atoms with Gasteiger partial charge < -0.3 is 0 Å². The summed E-state index contributed by atoms with van der Waals surface area (Å²) < 4.78 is 0. The number of aromatic nitrogens is 3. The molecule has 10 aromatic rings. The van der Waals surface area contributed by atoms with E-state index in [0.717, 1.165) is 55.9 Å². The van der Waals surface area contributed by atoms with Crippen LogP contribution in [0.3, 0.4) is 0 Å². The summed E-state index contributed by atoms with van der Waals surface area (Å²) in [4.78, 5) is 15.0. The molecule has 0 bridgehead atoms. The Morgan fingerprint density at radius 3 is 1.17 bits per heavy atom. The predicted octanol–water partition coefficient (Wildman–Crippen LogP) is 13.2. The maximum Gasteiger partial charge on any atom is 2.00 e. The van der Waals surface area contributed by atoms with E-state index in [0.29, 0.717) is 0 Å². The maximum atomic E-state index is 5.15. The maximum absolute atomic E-state index is 5.15. The van der Waals surface area contributed by atoms with Gasteiger partial charge in [0.15, 0.2) is 0 Å². The van der Waals surface area contributed by atoms with Gasteiger partial charge >= 0.3 is 21.1 Å². The number of pyridine rings is 3. The van der Waals surface area contributed by atoms with Crippen molar-refractivity contribution >= 4 is 11.1 Å². The fourth-order valence-corrected chi connectivity index (χ4v) is 10.7. The molecular formula is C61H39N3Pt. The van der Waals surface area contributed by atoms with Crippen molar-refractivity contribution in [2.75, 3.05) is 0 Å². The Bertz CT molecular complexity index is 3070. The number of nitrogens with zero attached hydrogens (tertiary/aromatic N) is 3. The van der Waals surface area contributed by atoms with Crippen LogP contribution in [0.25, 0.3) is 33.4 Å². The van der Waals surface area contributed by atoms with Crippen LogP contribution in [0, 0.1) is 12.1 Å². The molecule has 0 saturated carbocycles. The van der Waals surface area contributed by atoms with Crippen LogP contribution in [0.15, 0.2) is 237 Å². The van der Waals surface area contributed by atoms with Gasteiger partial charge in [0.1, 0.15) is 0 Å². The van der Waals surface area contributed by atoms with Gasteiger partial charge in [0, 0.05) is 24.8 Å². The molecule has 0 radical (unpaired) electrons. The molecule has 0 spiro atoms. The van der Waals surface area contributed by atoms with Crippen LogP contribution in [0.4, 0.5) is 0 Å². The average Bonchev–Trinajstić information content (AvgIpc) is 3.86. The van der Waals surface area contributed by atoms with Crippen molar-refractivity contribution in [2.24, 2.45) is 0 Å². The standard InChI is InChI=1S/C61H39N3.Pt/c1-2-19-42(20-3-1)58(45-23-18-36-62-41-45)59(43-21-16-24-46(39-43)60(56-34-12-14-37-63-56)52-30-8-4-26-48(52)49-27-5-9-31-53(49)60)44-22-17-25-47(40-44)61(57-35-13-15-38-64-57)54-32-10-6-28-50(54)51-29-7-11-33-55(51)61;/h1-38,41H;/q-2;+2. The van der Waals surface area contributed by atoms with Crippen LogP contribution >= 0.6 is 0 Å². The van der Waals surface area contributed by atoms with Crippen molar-refractivity contribution in [3.05, 3.63) is 316 Å². The second-order valence-electron chi connectivity index (χ2n) is 16.4. The zero-order valence-electron chi connectivity index (χ0n) is 35.2. The van der Waals surface area contributed by atoms with E-state index < -0.39 is 10.8 Å². The first-order valence-electron chi connectivity index (χ1n) is 21.8. The number of hydrogen-bond donors (Lipinski definition) is 0. The molecule has 3 nitrogen and oxygen atoms in total. The van der Waals surface area contributed by atoms with Gasteiger partial charge in [-0.25, -0.2) is 0 Å². The number of fused-ring (bicyclic) bond motifs is 6. The molecular weight excluding hydrogens is 970 g/mol. The summed E-state index contributed by atoms with van der Waals surface area (Å²) >= 11 is 0. The molecule has 7 aromatic carbocycles. The number of hydrogen-bond acceptors (Lipinski definition) is 3. The molecule has 0 atom stereocenters. The normalized spacial score (nSPS) is 13.4. The first-order chi connectivity index (χ1) is 31.8. The van der Waals surface area contributed by atoms with Gasteiger partial charge in [-0.1, -0.05) is 146 Å². The van der Waals surface area contributed by atoms with E-state index in [-0.39, 0.29) is 21.1 Å². The summed E-state index contributed by atoms with van der Waals surface area (Å²) in [5.41, 5.74) is 18.0. The summed E-state index contributed by atoms with van der Waals surface area (Å²) in [5, 5.41) is 0. The van der Waals surface area contributed by atoms with Crippen molar-refractivity contribution in [2.45, 2.75) is 10.8 Å². The Morgan fingerprint density at radius 1 is 0.338 bits per heavy atom. The fourth-order valence-electron chi connectivity index (χ4n) is 10.7. The van der Waals surface area contributed by atoms with E-state index >= 15 is 0 Å². The number of rotatable bonds is 8. The summed E-state index contributed by atoms with van der Waals surface area (Å²) in [7, 11) is 0. The minimum Gasteiger partial charge on any atom is -0.264 e. The van der Waals surface area contributed by atoms with E-state index in [9.17, 15) is 0 Å². The third kappa shape index (κ3) is 6.18. The molecule has 12 rings (SSSR count). The molecule has 0 fully saturated rings. The van der Waals surface area contributed by atoms with Crippen molar-refractivity contribution in [1.82, 2.24) is 15.0 Å². The molecule has 4 heteroatoms. The number of benzene rings is 7. The van der Waals surface area contributed by atoms with Gasteiger partial charge in [0.2, 0.25) is 0 Å². The summed E-state index contributed by atoms with van der Waals surface area (Å²) in [6, 6.07) is 83.9. The zero-order valence-corrected chi connectivity index (χ0v) is 37.4. The monoisotopic (exact) mass is 1010 g/mol. The first-order valence-corrected chi connectivity index (χ1v) is 21.8. The summed E-state index contributed by atoms with van der Waals surface area (Å²) in [5.74, 6) is 0. The molecule has 0 unspecified atom stereocenters. The van der Waals surface area contributed by atoms with Gasteiger partial charge in [-0.15, -0.1) is 76.4 Å². The molecule has 3 heterocycles. The van der Waals surface area contributed by atoms with Gasteiger partial charge in [0.25, 0.3) is 0 Å². The fraction of sp³-hybridized carbons (Fsp3) is 0.0328. The molecule has 0 N–H and O–H groups in total. The van der Waals surface area contributed by atoms with Crippen molar-refractivity contribution in [3.8, 4) is 22.3 Å². The SMILES string of the molecule is [Pt+2].[c-]1c(C(=C(c2ccccc2)c2cccnc2)c2[c-]c(C3(c4ccccn4)c4ccccc4-c4ccccc43)ccc2)cccc1C1(c2ccccn2)c2ccccc2-c2ccccc21. The van der Waals surface area contributed by atoms with Crippen LogP contribution in [-0.4, -0.2) is 15.0 Å². The molecule has 0 amide bonds. The second kappa shape index (κ2) is 16.5. The average molecular weight is 1010 g/mol. The Hall–Kier alpha value is -7.58. The minimum absolute atomic E-state index is 0. The Balaban J connectivity index is 0.00000469. The van der Waals surface area contributed by atoms with Crippen LogP contribution < -0.4 is 0 Å². The Labute approximate surface area is 394 Å². The summed E-state index contributed by atoms with van der Waals surface area (Å²) in [6.45, 7) is 0. The summed E-state index contributed by atoms with van der Waals surface area (Å²) in [6.07, 6.45) is 7.61. The van der Waals surface area contributed by atoms with Crippen LogP contribution in [0.5, 0.6) is 0 Å². The van der Waals surface area contributed by atoms with Gasteiger partial charge in [0.05, 0.1) is 22.2 Å². The third-order valence-electron chi connectivity index (χ3n) is 13.2. The van der Waals surface area contributed by atoms with Crippen LogP contribution in [0.2, 0.25) is 0 Å². The Kier molecular flexibility index (Phi) is 10.2. The van der Waals surface area contributed by atoms with Gasteiger partial charge in [-0.2, -0.15) is 0 Å². The third-order valence-corrected chi connectivity index (χ3v) is 13.2. The minimum atomic E-state index is -0.733. The van der Waals surface area contributed by atoms with Crippen molar-refractivity contribution in [1.29, 1.82) is 0 Å². The topological polar surface area (TPSA) is 38.7 Å². The Morgan fingerprint density at radius 2 is 0.754 bits per heavy atom. The van der Waals surface area contributed by atoms with E-state index in [1.54, 1.807) is 0 Å². The van der Waals surface area contributed by atoms with Gasteiger partial charge in [-0.05, 0) is 91.5 Å². The zero-order chi connectivity index (χ0) is 42.5. The van der Waals surface area contributed by atoms with Crippen LogP contribution in [-0.2, 0) is 31.9 Å². The van der Waals surface area contributed by atoms with Gasteiger partial charge in [-0.3, -0.25) is 15.0 Å². The molecule has 3 aromatic heterocycles. The molecule has 2 aliphatic carbocycles.